The van der Waals surface area contributed by atoms with Crippen LogP contribution >= 0.6 is 12.2 Å². The van der Waals surface area contributed by atoms with Gasteiger partial charge in [0, 0.05) is 13.1 Å². The van der Waals surface area contributed by atoms with Gasteiger partial charge in [-0.15, -0.1) is 0 Å². The van der Waals surface area contributed by atoms with Gasteiger partial charge < -0.3 is 14.6 Å². The minimum Gasteiger partial charge on any atom is -0.508 e. The number of benzene rings is 1. The monoisotopic (exact) mass is 383 g/mol. The summed E-state index contributed by atoms with van der Waals surface area (Å²) in [4.78, 5) is 19.8. The SMILES string of the molecule is O=C(C(c1cccc(O)c1)n1cnc2[nH]ncc2c1=S)N1CCCCCC1. The topological polar surface area (TPSA) is 87.0 Å². The Labute approximate surface area is 161 Å². The molecule has 0 radical (unpaired) electrons. The molecule has 140 valence electrons. The molecule has 1 fully saturated rings. The number of phenolic OH excluding ortho intramolecular Hbond substituents is 1. The Morgan fingerprint density at radius 3 is 2.74 bits per heavy atom. The number of aromatic hydroxyl groups is 1. The predicted octanol–water partition coefficient (Wildman–Crippen LogP) is 3.19. The van der Waals surface area contributed by atoms with Crippen molar-refractivity contribution in [1.29, 1.82) is 0 Å². The molecule has 0 spiro atoms. The Morgan fingerprint density at radius 1 is 1.22 bits per heavy atom. The first-order valence-corrected chi connectivity index (χ1v) is 9.54. The lowest BCUT2D eigenvalue weighted by molar-refractivity contribution is -0.133. The third-order valence-corrected chi connectivity index (χ3v) is 5.44. The second-order valence-electron chi connectivity index (χ2n) is 6.83. The highest BCUT2D eigenvalue weighted by molar-refractivity contribution is 7.71. The Kier molecular flexibility index (Phi) is 4.89. The van der Waals surface area contributed by atoms with Crippen molar-refractivity contribution in [1.82, 2.24) is 24.6 Å². The van der Waals surface area contributed by atoms with E-state index in [1.54, 1.807) is 35.3 Å². The molecule has 3 aromatic rings. The molecule has 3 heterocycles. The summed E-state index contributed by atoms with van der Waals surface area (Å²) in [5.74, 6) is 0.0910. The number of carbonyl (C=O) groups excluding carboxylic acids is 1. The van der Waals surface area contributed by atoms with Crippen molar-refractivity contribution < 1.29 is 9.90 Å². The van der Waals surface area contributed by atoms with Crippen LogP contribution in [0.15, 0.2) is 36.8 Å². The van der Waals surface area contributed by atoms with Crippen LogP contribution in [0.4, 0.5) is 0 Å². The molecule has 2 N–H and O–H groups in total. The van der Waals surface area contributed by atoms with Crippen molar-refractivity contribution in [3.63, 3.8) is 0 Å². The molecule has 1 saturated heterocycles. The molecular weight excluding hydrogens is 362 g/mol. The van der Waals surface area contributed by atoms with Crippen molar-refractivity contribution in [3.05, 3.63) is 47.0 Å². The fourth-order valence-corrected chi connectivity index (χ4v) is 3.91. The number of fused-ring (bicyclic) bond motifs is 1. The molecule has 2 aromatic heterocycles. The quantitative estimate of drug-likeness (QED) is 0.678. The van der Waals surface area contributed by atoms with Crippen molar-refractivity contribution in [2.45, 2.75) is 31.7 Å². The standard InChI is InChI=1S/C19H21N5O2S/c25-14-7-5-6-13(10-14)16(18(26)23-8-3-1-2-4-9-23)24-12-20-17-15(19(24)27)11-21-22-17/h5-7,10-12,16,25H,1-4,8-9H2,(H,21,22). The van der Waals surface area contributed by atoms with E-state index in [0.29, 0.717) is 21.2 Å². The van der Waals surface area contributed by atoms with Gasteiger partial charge in [-0.3, -0.25) is 9.89 Å². The number of carbonyl (C=O) groups is 1. The smallest absolute Gasteiger partial charge is 0.250 e. The van der Waals surface area contributed by atoms with E-state index in [-0.39, 0.29) is 11.7 Å². The van der Waals surface area contributed by atoms with Gasteiger partial charge in [-0.1, -0.05) is 37.2 Å². The van der Waals surface area contributed by atoms with Crippen LogP contribution in [-0.4, -0.2) is 48.8 Å². The summed E-state index contributed by atoms with van der Waals surface area (Å²) in [7, 11) is 0. The number of H-pyrrole nitrogens is 1. The maximum atomic E-state index is 13.5. The second-order valence-corrected chi connectivity index (χ2v) is 7.21. The molecular formula is C19H21N5O2S. The zero-order valence-electron chi connectivity index (χ0n) is 14.8. The highest BCUT2D eigenvalue weighted by Gasteiger charge is 2.29. The maximum Gasteiger partial charge on any atom is 0.250 e. The number of aromatic nitrogens is 4. The number of phenols is 1. The van der Waals surface area contributed by atoms with Gasteiger partial charge in [0.1, 0.15) is 16.4 Å². The number of nitrogens with one attached hydrogen (secondary N) is 1. The fourth-order valence-electron chi connectivity index (χ4n) is 3.61. The Hall–Kier alpha value is -2.74. The van der Waals surface area contributed by atoms with Gasteiger partial charge in [0.2, 0.25) is 5.91 Å². The van der Waals surface area contributed by atoms with E-state index in [4.69, 9.17) is 12.2 Å². The largest absolute Gasteiger partial charge is 0.508 e. The fraction of sp³-hybridized carbons (Fsp3) is 0.368. The molecule has 1 amide bonds. The van der Waals surface area contributed by atoms with Crippen molar-refractivity contribution in [2.24, 2.45) is 0 Å². The highest BCUT2D eigenvalue weighted by Crippen LogP contribution is 2.27. The number of likely N-dealkylation sites (tertiary alicyclic amines) is 1. The minimum absolute atomic E-state index is 0.0248. The first-order chi connectivity index (χ1) is 13.1. The van der Waals surface area contributed by atoms with Gasteiger partial charge in [0.15, 0.2) is 5.65 Å². The van der Waals surface area contributed by atoms with E-state index in [2.05, 4.69) is 15.2 Å². The van der Waals surface area contributed by atoms with Crippen molar-refractivity contribution in [2.75, 3.05) is 13.1 Å². The van der Waals surface area contributed by atoms with Gasteiger partial charge in [-0.2, -0.15) is 5.10 Å². The Morgan fingerprint density at radius 2 is 2.00 bits per heavy atom. The summed E-state index contributed by atoms with van der Waals surface area (Å²) in [5, 5.41) is 17.5. The summed E-state index contributed by atoms with van der Waals surface area (Å²) in [6.45, 7) is 1.48. The number of aromatic amines is 1. The molecule has 7 nitrogen and oxygen atoms in total. The number of rotatable bonds is 3. The van der Waals surface area contributed by atoms with Gasteiger partial charge in [-0.25, -0.2) is 4.98 Å². The molecule has 1 unspecified atom stereocenters. The van der Waals surface area contributed by atoms with E-state index in [1.165, 1.54) is 0 Å². The molecule has 0 aliphatic carbocycles. The van der Waals surface area contributed by atoms with Crippen LogP contribution in [0, 0.1) is 4.64 Å². The van der Waals surface area contributed by atoms with Gasteiger partial charge >= 0.3 is 0 Å². The normalized spacial score (nSPS) is 16.2. The lowest BCUT2D eigenvalue weighted by atomic mass is 10.0. The number of hydrogen-bond acceptors (Lipinski definition) is 5. The average Bonchev–Trinajstić information content (AvgIpc) is 2.98. The first-order valence-electron chi connectivity index (χ1n) is 9.13. The van der Waals surface area contributed by atoms with E-state index in [9.17, 15) is 9.90 Å². The number of nitrogens with zero attached hydrogens (tertiary/aromatic N) is 4. The molecule has 8 heteroatoms. The van der Waals surface area contributed by atoms with Crippen LogP contribution in [0.3, 0.4) is 0 Å². The third kappa shape index (κ3) is 3.44. The van der Waals surface area contributed by atoms with Gasteiger partial charge in [0.25, 0.3) is 0 Å². The van der Waals surface area contributed by atoms with Gasteiger partial charge in [-0.05, 0) is 30.5 Å². The minimum atomic E-state index is -0.672. The molecule has 1 aromatic carbocycles. The Balaban J connectivity index is 1.83. The van der Waals surface area contributed by atoms with Crippen LogP contribution in [0.2, 0.25) is 0 Å². The number of amides is 1. The summed E-state index contributed by atoms with van der Waals surface area (Å²) in [6.07, 6.45) is 7.49. The Bertz CT molecular complexity index is 1020. The zero-order valence-corrected chi connectivity index (χ0v) is 15.7. The number of hydrogen-bond donors (Lipinski definition) is 2. The lowest BCUT2D eigenvalue weighted by Crippen LogP contribution is -2.38. The van der Waals surface area contributed by atoms with Crippen LogP contribution in [0.25, 0.3) is 11.0 Å². The molecule has 27 heavy (non-hydrogen) atoms. The lowest BCUT2D eigenvalue weighted by Gasteiger charge is -2.28. The van der Waals surface area contributed by atoms with E-state index in [1.807, 2.05) is 11.0 Å². The first kappa shape index (κ1) is 17.7. The third-order valence-electron chi connectivity index (χ3n) is 5.01. The van der Waals surface area contributed by atoms with Crippen molar-refractivity contribution in [3.8, 4) is 5.75 Å². The summed E-state index contributed by atoms with van der Waals surface area (Å²) < 4.78 is 2.19. The van der Waals surface area contributed by atoms with Crippen LogP contribution in [-0.2, 0) is 4.79 Å². The van der Waals surface area contributed by atoms with Gasteiger partial charge in [0.05, 0.1) is 17.9 Å². The van der Waals surface area contributed by atoms with Crippen LogP contribution in [0.1, 0.15) is 37.3 Å². The molecule has 0 bridgehead atoms. The molecule has 0 saturated carbocycles. The second kappa shape index (κ2) is 7.48. The maximum absolute atomic E-state index is 13.5. The molecule has 1 aliphatic heterocycles. The molecule has 1 aliphatic rings. The van der Waals surface area contributed by atoms with E-state index < -0.39 is 6.04 Å². The summed E-state index contributed by atoms with van der Waals surface area (Å²) in [5.41, 5.74) is 1.28. The summed E-state index contributed by atoms with van der Waals surface area (Å²) >= 11 is 5.63. The highest BCUT2D eigenvalue weighted by atomic mass is 32.1. The average molecular weight is 383 g/mol. The summed E-state index contributed by atoms with van der Waals surface area (Å²) in [6, 6.07) is 6.10. The van der Waals surface area contributed by atoms with Crippen LogP contribution in [0.5, 0.6) is 5.75 Å². The van der Waals surface area contributed by atoms with E-state index in [0.717, 1.165) is 38.8 Å². The van der Waals surface area contributed by atoms with E-state index >= 15 is 0 Å². The van der Waals surface area contributed by atoms with Crippen molar-refractivity contribution >= 4 is 29.2 Å². The van der Waals surface area contributed by atoms with Crippen LogP contribution < -0.4 is 0 Å². The molecule has 1 atom stereocenters. The zero-order chi connectivity index (χ0) is 18.8. The molecule has 4 rings (SSSR count). The predicted molar refractivity (Wildman–Crippen MR) is 104 cm³/mol.